The van der Waals surface area contributed by atoms with Crippen molar-refractivity contribution in [2.45, 2.75) is 24.9 Å². The van der Waals surface area contributed by atoms with Crippen molar-refractivity contribution < 1.29 is 14.6 Å². The highest BCUT2D eigenvalue weighted by Crippen LogP contribution is 2.20. The van der Waals surface area contributed by atoms with E-state index in [0.717, 1.165) is 11.3 Å². The van der Waals surface area contributed by atoms with E-state index in [0.29, 0.717) is 12.4 Å². The fourth-order valence-corrected chi connectivity index (χ4v) is 1.92. The monoisotopic (exact) mass is 240 g/mol. The van der Waals surface area contributed by atoms with Crippen LogP contribution < -0.4 is 4.74 Å². The molecule has 0 heterocycles. The minimum Gasteiger partial charge on any atom is -0.494 e. The molecule has 0 fully saturated rings. The zero-order chi connectivity index (χ0) is 12.0. The molecule has 0 aromatic heterocycles. The van der Waals surface area contributed by atoms with Gasteiger partial charge in [0.2, 0.25) is 0 Å². The van der Waals surface area contributed by atoms with Crippen LogP contribution in [0.25, 0.3) is 0 Å². The summed E-state index contributed by atoms with van der Waals surface area (Å²) in [7, 11) is 0. The van der Waals surface area contributed by atoms with Gasteiger partial charge in [0.15, 0.2) is 0 Å². The molecule has 16 heavy (non-hydrogen) atoms. The van der Waals surface area contributed by atoms with Gasteiger partial charge in [-0.25, -0.2) is 0 Å². The first-order valence-electron chi connectivity index (χ1n) is 5.19. The van der Waals surface area contributed by atoms with Crippen LogP contribution in [0.1, 0.15) is 19.4 Å². The van der Waals surface area contributed by atoms with Crippen molar-refractivity contribution >= 4 is 17.7 Å². The van der Waals surface area contributed by atoms with Crippen molar-refractivity contribution in [3.05, 3.63) is 29.8 Å². The maximum absolute atomic E-state index is 10.6. The molecule has 0 saturated heterocycles. The fraction of sp³-hybridized carbons (Fsp3) is 0.417. The lowest BCUT2D eigenvalue weighted by molar-refractivity contribution is -0.136. The second kappa shape index (κ2) is 6.43. The molecular weight excluding hydrogens is 224 g/mol. The summed E-state index contributed by atoms with van der Waals surface area (Å²) in [4.78, 5) is 10.6. The molecule has 1 atom stereocenters. The summed E-state index contributed by atoms with van der Waals surface area (Å²) >= 11 is 1.42. The number of rotatable bonds is 6. The van der Waals surface area contributed by atoms with Gasteiger partial charge in [0.25, 0.3) is 0 Å². The number of benzene rings is 1. The van der Waals surface area contributed by atoms with Crippen LogP contribution >= 0.6 is 11.8 Å². The Morgan fingerprint density at radius 3 is 2.56 bits per heavy atom. The number of hydrogen-bond donors (Lipinski definition) is 1. The fourth-order valence-electron chi connectivity index (χ4n) is 1.14. The number of carboxylic acids is 1. The number of carboxylic acid groups (broad SMARTS) is 1. The Morgan fingerprint density at radius 1 is 1.44 bits per heavy atom. The van der Waals surface area contributed by atoms with Crippen LogP contribution in [-0.4, -0.2) is 22.9 Å². The van der Waals surface area contributed by atoms with E-state index in [1.54, 1.807) is 6.92 Å². The van der Waals surface area contributed by atoms with E-state index in [9.17, 15) is 4.79 Å². The molecule has 0 aliphatic heterocycles. The average Bonchev–Trinajstić information content (AvgIpc) is 2.28. The number of aliphatic carboxylic acids is 1. The lowest BCUT2D eigenvalue weighted by Crippen LogP contribution is -2.11. The summed E-state index contributed by atoms with van der Waals surface area (Å²) in [6, 6.07) is 7.74. The van der Waals surface area contributed by atoms with Crippen molar-refractivity contribution in [3.63, 3.8) is 0 Å². The molecule has 0 amide bonds. The third-order valence-corrected chi connectivity index (χ3v) is 3.28. The van der Waals surface area contributed by atoms with Gasteiger partial charge in [0.1, 0.15) is 5.75 Å². The standard InChI is InChI=1S/C12H16O3S/c1-3-15-11-6-4-10(5-7-11)8-16-9(2)12(13)14/h4-7,9H,3,8H2,1-2H3,(H,13,14). The van der Waals surface area contributed by atoms with Crippen molar-refractivity contribution in [2.75, 3.05) is 6.61 Å². The average molecular weight is 240 g/mol. The van der Waals surface area contributed by atoms with Crippen LogP contribution in [-0.2, 0) is 10.5 Å². The van der Waals surface area contributed by atoms with Gasteiger partial charge in [-0.2, -0.15) is 0 Å². The van der Waals surface area contributed by atoms with Gasteiger partial charge in [0, 0.05) is 5.75 Å². The molecule has 0 spiro atoms. The van der Waals surface area contributed by atoms with E-state index in [1.165, 1.54) is 11.8 Å². The Morgan fingerprint density at radius 2 is 2.06 bits per heavy atom. The van der Waals surface area contributed by atoms with Gasteiger partial charge < -0.3 is 9.84 Å². The first kappa shape index (κ1) is 12.9. The molecule has 1 rings (SSSR count). The predicted octanol–water partition coefficient (Wildman–Crippen LogP) is 2.79. The second-order valence-electron chi connectivity index (χ2n) is 3.37. The topological polar surface area (TPSA) is 46.5 Å². The van der Waals surface area contributed by atoms with E-state index < -0.39 is 5.97 Å². The predicted molar refractivity (Wildman–Crippen MR) is 66.0 cm³/mol. The van der Waals surface area contributed by atoms with E-state index in [2.05, 4.69) is 0 Å². The lowest BCUT2D eigenvalue weighted by Gasteiger charge is -2.07. The maximum atomic E-state index is 10.6. The summed E-state index contributed by atoms with van der Waals surface area (Å²) in [5.74, 6) is 0.790. The van der Waals surface area contributed by atoms with E-state index in [-0.39, 0.29) is 5.25 Å². The zero-order valence-electron chi connectivity index (χ0n) is 9.47. The Labute approximate surface area is 99.8 Å². The highest BCUT2D eigenvalue weighted by atomic mass is 32.2. The highest BCUT2D eigenvalue weighted by Gasteiger charge is 2.10. The van der Waals surface area contributed by atoms with Gasteiger partial charge in [-0.1, -0.05) is 12.1 Å². The van der Waals surface area contributed by atoms with Crippen LogP contribution in [0.2, 0.25) is 0 Å². The molecule has 0 aliphatic rings. The van der Waals surface area contributed by atoms with E-state index in [1.807, 2.05) is 31.2 Å². The zero-order valence-corrected chi connectivity index (χ0v) is 10.3. The Balaban J connectivity index is 2.46. The van der Waals surface area contributed by atoms with E-state index >= 15 is 0 Å². The van der Waals surface area contributed by atoms with Gasteiger partial charge >= 0.3 is 5.97 Å². The normalized spacial score (nSPS) is 12.1. The van der Waals surface area contributed by atoms with E-state index in [4.69, 9.17) is 9.84 Å². The minimum atomic E-state index is -0.768. The first-order valence-corrected chi connectivity index (χ1v) is 6.24. The molecule has 1 aromatic rings. The van der Waals surface area contributed by atoms with Crippen molar-refractivity contribution in [2.24, 2.45) is 0 Å². The highest BCUT2D eigenvalue weighted by molar-refractivity contribution is 7.99. The van der Waals surface area contributed by atoms with Crippen LogP contribution in [0.5, 0.6) is 5.75 Å². The number of thioether (sulfide) groups is 1. The molecule has 0 saturated carbocycles. The minimum absolute atomic E-state index is 0.369. The number of carbonyl (C=O) groups is 1. The second-order valence-corrected chi connectivity index (χ2v) is 4.70. The van der Waals surface area contributed by atoms with Crippen LogP contribution in [0.3, 0.4) is 0 Å². The first-order chi connectivity index (χ1) is 7.63. The largest absolute Gasteiger partial charge is 0.494 e. The van der Waals surface area contributed by atoms with Gasteiger partial charge in [-0.15, -0.1) is 11.8 Å². The summed E-state index contributed by atoms with van der Waals surface area (Å²) in [6.07, 6.45) is 0. The molecule has 88 valence electrons. The molecule has 3 nitrogen and oxygen atoms in total. The van der Waals surface area contributed by atoms with Gasteiger partial charge in [-0.05, 0) is 31.5 Å². The van der Waals surface area contributed by atoms with Crippen LogP contribution in [0, 0.1) is 0 Å². The summed E-state index contributed by atoms with van der Waals surface area (Å²) in [5, 5.41) is 8.36. The number of ether oxygens (including phenoxy) is 1. The maximum Gasteiger partial charge on any atom is 0.316 e. The van der Waals surface area contributed by atoms with Crippen molar-refractivity contribution in [1.82, 2.24) is 0 Å². The van der Waals surface area contributed by atoms with Crippen LogP contribution in [0.15, 0.2) is 24.3 Å². The van der Waals surface area contributed by atoms with Crippen molar-refractivity contribution in [1.29, 1.82) is 0 Å². The summed E-state index contributed by atoms with van der Waals surface area (Å²) in [5.41, 5.74) is 1.11. The van der Waals surface area contributed by atoms with Gasteiger partial charge in [0.05, 0.1) is 11.9 Å². The lowest BCUT2D eigenvalue weighted by atomic mass is 10.2. The molecule has 0 radical (unpaired) electrons. The smallest absolute Gasteiger partial charge is 0.316 e. The molecule has 1 N–H and O–H groups in total. The molecule has 4 heteroatoms. The van der Waals surface area contributed by atoms with Crippen molar-refractivity contribution in [3.8, 4) is 5.75 Å². The molecule has 1 unspecified atom stereocenters. The van der Waals surface area contributed by atoms with Crippen LogP contribution in [0.4, 0.5) is 0 Å². The Hall–Kier alpha value is -1.16. The quantitative estimate of drug-likeness (QED) is 0.830. The SMILES string of the molecule is CCOc1ccc(CSC(C)C(=O)O)cc1. The molecule has 1 aromatic carbocycles. The third kappa shape index (κ3) is 4.14. The molecular formula is C12H16O3S. The third-order valence-electron chi connectivity index (χ3n) is 2.08. The summed E-state index contributed by atoms with van der Waals surface area (Å²) in [6.45, 7) is 4.30. The molecule has 0 aliphatic carbocycles. The van der Waals surface area contributed by atoms with Gasteiger partial charge in [-0.3, -0.25) is 4.79 Å². The molecule has 0 bridgehead atoms. The number of hydrogen-bond acceptors (Lipinski definition) is 3. The Bertz CT molecular complexity index is 335. The summed E-state index contributed by atoms with van der Waals surface area (Å²) < 4.78 is 5.32. The Kier molecular flexibility index (Phi) is 5.19.